The molecule has 11 heteroatoms. The molecule has 3 aromatic rings. The Bertz CT molecular complexity index is 1010. The average Bonchev–Trinajstić information content (AvgIpc) is 3.31. The number of hydrogen-bond donors (Lipinski definition) is 0. The Morgan fingerprint density at radius 3 is 2.52 bits per heavy atom. The summed E-state index contributed by atoms with van der Waals surface area (Å²) >= 11 is 2.07. The van der Waals surface area contributed by atoms with Crippen LogP contribution in [0, 0.1) is 15.9 Å². The zero-order chi connectivity index (χ0) is 20.3. The Labute approximate surface area is 181 Å². The van der Waals surface area contributed by atoms with E-state index in [2.05, 4.69) is 9.88 Å². The van der Waals surface area contributed by atoms with Crippen molar-refractivity contribution in [3.05, 3.63) is 51.1 Å². The number of nitrogens with zero attached hydrogens (tertiary/aromatic N) is 4. The summed E-state index contributed by atoms with van der Waals surface area (Å²) in [5.74, 6) is -0.706. The van der Waals surface area contributed by atoms with Gasteiger partial charge in [0.2, 0.25) is 0 Å². The molecule has 0 saturated carbocycles. The molecular formula is C18H20ClFN4O3S2. The van der Waals surface area contributed by atoms with Crippen molar-refractivity contribution >= 4 is 61.3 Å². The maximum absolute atomic E-state index is 13.5. The van der Waals surface area contributed by atoms with Crippen molar-refractivity contribution in [3.8, 4) is 0 Å². The van der Waals surface area contributed by atoms with Crippen molar-refractivity contribution in [2.24, 2.45) is 0 Å². The van der Waals surface area contributed by atoms with Crippen LogP contribution in [-0.2, 0) is 0 Å². The molecule has 0 bridgehead atoms. The number of hydrogen-bond acceptors (Lipinski definition) is 7. The van der Waals surface area contributed by atoms with Gasteiger partial charge in [-0.3, -0.25) is 19.8 Å². The molecule has 0 aliphatic rings. The Morgan fingerprint density at radius 2 is 1.90 bits per heavy atom. The van der Waals surface area contributed by atoms with Gasteiger partial charge < -0.3 is 4.90 Å². The Balaban J connectivity index is 0.00000300. The highest BCUT2D eigenvalue weighted by Crippen LogP contribution is 2.32. The van der Waals surface area contributed by atoms with E-state index in [1.807, 2.05) is 13.8 Å². The molecule has 0 atom stereocenters. The van der Waals surface area contributed by atoms with Gasteiger partial charge in [0.1, 0.15) is 5.82 Å². The van der Waals surface area contributed by atoms with E-state index in [0.717, 1.165) is 24.4 Å². The highest BCUT2D eigenvalue weighted by molar-refractivity contribution is 7.22. The van der Waals surface area contributed by atoms with Crippen molar-refractivity contribution in [2.45, 2.75) is 13.8 Å². The largest absolute Gasteiger partial charge is 0.324 e. The minimum Gasteiger partial charge on any atom is -0.302 e. The van der Waals surface area contributed by atoms with Gasteiger partial charge in [0.25, 0.3) is 5.91 Å². The van der Waals surface area contributed by atoms with Crippen molar-refractivity contribution in [1.82, 2.24) is 9.88 Å². The normalized spacial score (nSPS) is 10.9. The van der Waals surface area contributed by atoms with Gasteiger partial charge in [0, 0.05) is 19.2 Å². The fourth-order valence-corrected chi connectivity index (χ4v) is 4.53. The van der Waals surface area contributed by atoms with Crippen LogP contribution in [-0.4, -0.2) is 46.9 Å². The second-order valence-electron chi connectivity index (χ2n) is 5.99. The summed E-state index contributed by atoms with van der Waals surface area (Å²) in [5.41, 5.74) is 0.610. The number of anilines is 1. The van der Waals surface area contributed by atoms with Crippen LogP contribution in [0.1, 0.15) is 23.5 Å². The molecule has 1 amide bonds. The van der Waals surface area contributed by atoms with Crippen LogP contribution < -0.4 is 4.90 Å². The molecular weight excluding hydrogens is 439 g/mol. The highest BCUT2D eigenvalue weighted by atomic mass is 35.5. The number of thiazole rings is 1. The number of amides is 1. The molecule has 2 aromatic heterocycles. The van der Waals surface area contributed by atoms with Gasteiger partial charge in [-0.2, -0.15) is 0 Å². The van der Waals surface area contributed by atoms with Crippen molar-refractivity contribution in [3.63, 3.8) is 0 Å². The summed E-state index contributed by atoms with van der Waals surface area (Å²) < 4.78 is 14.2. The lowest BCUT2D eigenvalue weighted by molar-refractivity contribution is -0.380. The van der Waals surface area contributed by atoms with E-state index in [4.69, 9.17) is 0 Å². The van der Waals surface area contributed by atoms with Crippen LogP contribution in [0.4, 0.5) is 14.5 Å². The number of benzene rings is 1. The fraction of sp³-hybridized carbons (Fsp3) is 0.333. The average molecular weight is 459 g/mol. The van der Waals surface area contributed by atoms with Crippen molar-refractivity contribution in [2.75, 3.05) is 31.1 Å². The van der Waals surface area contributed by atoms with Crippen LogP contribution in [0.15, 0.2) is 30.3 Å². The molecule has 0 radical (unpaired) electrons. The molecule has 7 nitrogen and oxygen atoms in total. The molecule has 0 fully saturated rings. The third kappa shape index (κ3) is 5.27. The van der Waals surface area contributed by atoms with Crippen LogP contribution in [0.2, 0.25) is 0 Å². The number of aromatic nitrogens is 1. The number of carbonyl (C=O) groups is 1. The summed E-state index contributed by atoms with van der Waals surface area (Å²) in [4.78, 5) is 32.0. The van der Waals surface area contributed by atoms with Crippen LogP contribution in [0.5, 0.6) is 0 Å². The first-order chi connectivity index (χ1) is 13.4. The lowest BCUT2D eigenvalue weighted by atomic mass is 10.3. The van der Waals surface area contributed by atoms with Gasteiger partial charge in [-0.25, -0.2) is 9.37 Å². The third-order valence-corrected chi connectivity index (χ3v) is 6.40. The first-order valence-electron chi connectivity index (χ1n) is 8.77. The smallest absolute Gasteiger partial charge is 0.302 e. The Hall–Kier alpha value is -2.14. The van der Waals surface area contributed by atoms with E-state index in [1.54, 1.807) is 6.07 Å². The molecule has 0 saturated heterocycles. The minimum atomic E-state index is -0.512. The molecule has 0 spiro atoms. The molecule has 1 aromatic carbocycles. The van der Waals surface area contributed by atoms with Gasteiger partial charge in [0.15, 0.2) is 5.13 Å². The molecule has 0 aliphatic carbocycles. The number of nitro groups is 1. The second-order valence-corrected chi connectivity index (χ2v) is 8.06. The maximum Gasteiger partial charge on any atom is 0.324 e. The van der Waals surface area contributed by atoms with E-state index in [1.165, 1.54) is 40.5 Å². The molecule has 29 heavy (non-hydrogen) atoms. The topological polar surface area (TPSA) is 79.6 Å². The molecule has 0 N–H and O–H groups in total. The monoisotopic (exact) mass is 458 g/mol. The lowest BCUT2D eigenvalue weighted by Crippen LogP contribution is -2.38. The molecule has 0 aliphatic heterocycles. The molecule has 156 valence electrons. The number of halogens is 2. The van der Waals surface area contributed by atoms with Gasteiger partial charge in [-0.15, -0.1) is 12.4 Å². The highest BCUT2D eigenvalue weighted by Gasteiger charge is 2.25. The van der Waals surface area contributed by atoms with Crippen LogP contribution in [0.3, 0.4) is 0 Å². The van der Waals surface area contributed by atoms with E-state index < -0.39 is 4.92 Å². The fourth-order valence-electron chi connectivity index (χ4n) is 2.74. The predicted molar refractivity (Wildman–Crippen MR) is 117 cm³/mol. The summed E-state index contributed by atoms with van der Waals surface area (Å²) in [6, 6.07) is 7.08. The van der Waals surface area contributed by atoms with E-state index in [9.17, 15) is 19.3 Å². The number of thiophene rings is 1. The summed E-state index contributed by atoms with van der Waals surface area (Å²) in [5, 5.41) is 11.3. The zero-order valence-corrected chi connectivity index (χ0v) is 18.3. The SMILES string of the molecule is CCN(CC)CCN(C(=O)c1ccc([N+](=O)[O-])s1)c1nc2ccc(F)cc2s1.Cl. The van der Waals surface area contributed by atoms with Crippen LogP contribution in [0.25, 0.3) is 10.2 Å². The van der Waals surface area contributed by atoms with Crippen LogP contribution >= 0.6 is 35.1 Å². The Morgan fingerprint density at radius 1 is 1.17 bits per heavy atom. The molecule has 3 rings (SSSR count). The van der Waals surface area contributed by atoms with E-state index in [0.29, 0.717) is 28.4 Å². The van der Waals surface area contributed by atoms with E-state index in [-0.39, 0.29) is 34.0 Å². The quantitative estimate of drug-likeness (QED) is 0.357. The predicted octanol–water partition coefficient (Wildman–Crippen LogP) is 4.82. The first kappa shape index (κ1) is 23.1. The van der Waals surface area contributed by atoms with Crippen molar-refractivity contribution in [1.29, 1.82) is 0 Å². The number of fused-ring (bicyclic) bond motifs is 1. The zero-order valence-electron chi connectivity index (χ0n) is 15.8. The summed E-state index contributed by atoms with van der Waals surface area (Å²) in [6.07, 6.45) is 0. The summed E-state index contributed by atoms with van der Waals surface area (Å²) in [7, 11) is 0. The van der Waals surface area contributed by atoms with Gasteiger partial charge in [0.05, 0.1) is 20.0 Å². The second kappa shape index (κ2) is 10.1. The number of likely N-dealkylation sites (N-methyl/N-ethyl adjacent to an activating group) is 1. The maximum atomic E-state index is 13.5. The van der Waals surface area contributed by atoms with E-state index >= 15 is 0 Å². The minimum absolute atomic E-state index is 0. The number of carbonyl (C=O) groups excluding carboxylic acids is 1. The third-order valence-electron chi connectivity index (χ3n) is 4.33. The summed E-state index contributed by atoms with van der Waals surface area (Å²) in [6.45, 7) is 6.78. The van der Waals surface area contributed by atoms with Gasteiger partial charge >= 0.3 is 5.00 Å². The first-order valence-corrected chi connectivity index (χ1v) is 10.4. The molecule has 2 heterocycles. The number of rotatable bonds is 8. The standard InChI is InChI=1S/C18H19FN4O3S2.ClH/c1-3-21(4-2)9-10-22(17(24)14-7-8-16(27-14)23(25)26)18-20-13-6-5-12(19)11-15(13)28-18;/h5-8,11H,3-4,9-10H2,1-2H3;1H. The van der Waals surface area contributed by atoms with Crippen molar-refractivity contribution < 1.29 is 14.1 Å². The van der Waals surface area contributed by atoms with Gasteiger partial charge in [-0.05, 0) is 37.4 Å². The lowest BCUT2D eigenvalue weighted by Gasteiger charge is -2.24. The Kier molecular flexibility index (Phi) is 8.03. The molecule has 0 unspecified atom stereocenters. The van der Waals surface area contributed by atoms with Gasteiger partial charge in [-0.1, -0.05) is 36.5 Å².